The van der Waals surface area contributed by atoms with Crippen LogP contribution in [0.25, 0.3) is 0 Å². The Morgan fingerprint density at radius 3 is 2.65 bits per heavy atom. The first-order valence-corrected chi connectivity index (χ1v) is 6.48. The van der Waals surface area contributed by atoms with Gasteiger partial charge in [-0.3, -0.25) is 9.90 Å². The molecule has 2 aliphatic rings. The molecule has 0 aromatic rings. The lowest BCUT2D eigenvalue weighted by atomic mass is 10.3. The highest BCUT2D eigenvalue weighted by atomic mass is 16.7. The first kappa shape index (κ1) is 12.6. The van der Waals surface area contributed by atoms with Gasteiger partial charge in [0.15, 0.2) is 0 Å². The lowest BCUT2D eigenvalue weighted by Gasteiger charge is -2.32. The van der Waals surface area contributed by atoms with Gasteiger partial charge >= 0.3 is 0 Å². The number of likely N-dealkylation sites (N-methyl/N-ethyl adjacent to an activating group) is 1. The highest BCUT2D eigenvalue weighted by molar-refractivity contribution is 5.06. The standard InChI is InChI=1S/C13H23N3O/c1-14-9-11-15(12-10-14)6-5-13-17-16-7-3-2-4-8-16/h2-4,7H,5-6,8-13H2,1H3. The van der Waals surface area contributed by atoms with Crippen molar-refractivity contribution >= 4 is 0 Å². The van der Waals surface area contributed by atoms with E-state index in [-0.39, 0.29) is 0 Å². The van der Waals surface area contributed by atoms with Crippen LogP contribution in [-0.4, -0.2) is 67.8 Å². The molecule has 0 bridgehead atoms. The third-order valence-electron chi connectivity index (χ3n) is 3.26. The molecule has 0 amide bonds. The van der Waals surface area contributed by atoms with Gasteiger partial charge < -0.3 is 9.80 Å². The molecule has 0 unspecified atom stereocenters. The molecule has 2 aliphatic heterocycles. The maximum absolute atomic E-state index is 5.65. The fourth-order valence-electron chi connectivity index (χ4n) is 2.09. The van der Waals surface area contributed by atoms with Gasteiger partial charge in [0, 0.05) is 38.9 Å². The SMILES string of the molecule is CN1CCN(CCCON2C=CC=CC2)CC1. The Labute approximate surface area is 104 Å². The number of rotatable bonds is 5. The summed E-state index contributed by atoms with van der Waals surface area (Å²) in [6.07, 6.45) is 9.24. The van der Waals surface area contributed by atoms with Crippen LogP contribution in [0.5, 0.6) is 0 Å². The Morgan fingerprint density at radius 2 is 1.94 bits per heavy atom. The van der Waals surface area contributed by atoms with Gasteiger partial charge in [-0.25, -0.2) is 0 Å². The van der Waals surface area contributed by atoms with Crippen molar-refractivity contribution in [1.82, 2.24) is 14.9 Å². The zero-order valence-corrected chi connectivity index (χ0v) is 10.7. The summed E-state index contributed by atoms with van der Waals surface area (Å²) in [4.78, 5) is 10.6. The molecule has 0 spiro atoms. The maximum atomic E-state index is 5.65. The maximum Gasteiger partial charge on any atom is 0.0760 e. The quantitative estimate of drug-likeness (QED) is 0.662. The molecule has 17 heavy (non-hydrogen) atoms. The molecule has 0 saturated carbocycles. The molecule has 1 saturated heterocycles. The summed E-state index contributed by atoms with van der Waals surface area (Å²) in [5, 5.41) is 1.89. The number of piperazine rings is 1. The molecular formula is C13H23N3O. The molecule has 4 nitrogen and oxygen atoms in total. The van der Waals surface area contributed by atoms with Crippen molar-refractivity contribution in [3.63, 3.8) is 0 Å². The van der Waals surface area contributed by atoms with Crippen LogP contribution in [0.15, 0.2) is 24.4 Å². The Morgan fingerprint density at radius 1 is 1.12 bits per heavy atom. The monoisotopic (exact) mass is 237 g/mol. The van der Waals surface area contributed by atoms with Gasteiger partial charge in [0.2, 0.25) is 0 Å². The minimum Gasteiger partial charge on any atom is -0.304 e. The summed E-state index contributed by atoms with van der Waals surface area (Å²) >= 11 is 0. The first-order valence-electron chi connectivity index (χ1n) is 6.48. The Balaban J connectivity index is 1.51. The van der Waals surface area contributed by atoms with Gasteiger partial charge in [0.05, 0.1) is 13.2 Å². The van der Waals surface area contributed by atoms with Gasteiger partial charge in [-0.05, 0) is 19.5 Å². The van der Waals surface area contributed by atoms with Crippen molar-refractivity contribution in [1.29, 1.82) is 0 Å². The average molecular weight is 237 g/mol. The van der Waals surface area contributed by atoms with Crippen molar-refractivity contribution in [2.45, 2.75) is 6.42 Å². The number of hydrogen-bond donors (Lipinski definition) is 0. The van der Waals surface area contributed by atoms with E-state index >= 15 is 0 Å². The van der Waals surface area contributed by atoms with Crippen LogP contribution in [0.4, 0.5) is 0 Å². The molecule has 0 radical (unpaired) electrons. The molecule has 1 fully saturated rings. The second kappa shape index (κ2) is 6.79. The zero-order chi connectivity index (χ0) is 11.9. The molecule has 2 heterocycles. The van der Waals surface area contributed by atoms with Gasteiger partial charge in [-0.15, -0.1) is 0 Å². The highest BCUT2D eigenvalue weighted by Gasteiger charge is 2.12. The minimum atomic E-state index is 0.810. The highest BCUT2D eigenvalue weighted by Crippen LogP contribution is 2.02. The second-order valence-electron chi connectivity index (χ2n) is 4.70. The normalized spacial score (nSPS) is 22.3. The molecule has 0 aliphatic carbocycles. The van der Waals surface area contributed by atoms with Crippen LogP contribution in [0, 0.1) is 0 Å². The molecule has 96 valence electrons. The van der Waals surface area contributed by atoms with E-state index in [1.165, 1.54) is 26.2 Å². The van der Waals surface area contributed by atoms with Crippen molar-refractivity contribution in [2.24, 2.45) is 0 Å². The molecule has 4 heteroatoms. The minimum absolute atomic E-state index is 0.810. The summed E-state index contributed by atoms with van der Waals surface area (Å²) in [7, 11) is 2.19. The number of hydroxylamine groups is 2. The predicted octanol–water partition coefficient (Wildman–Crippen LogP) is 0.941. The van der Waals surface area contributed by atoms with E-state index in [9.17, 15) is 0 Å². The van der Waals surface area contributed by atoms with Gasteiger partial charge in [-0.2, -0.15) is 0 Å². The second-order valence-corrected chi connectivity index (χ2v) is 4.70. The summed E-state index contributed by atoms with van der Waals surface area (Å²) in [6.45, 7) is 7.61. The summed E-state index contributed by atoms with van der Waals surface area (Å²) in [5.74, 6) is 0. The molecular weight excluding hydrogens is 214 g/mol. The Hall–Kier alpha value is -0.840. The van der Waals surface area contributed by atoms with Crippen LogP contribution in [0.2, 0.25) is 0 Å². The topological polar surface area (TPSA) is 19.0 Å². The molecule has 2 rings (SSSR count). The number of hydrogen-bond acceptors (Lipinski definition) is 4. The largest absolute Gasteiger partial charge is 0.304 e. The van der Waals surface area contributed by atoms with Crippen LogP contribution < -0.4 is 0 Å². The summed E-state index contributed by atoms with van der Waals surface area (Å²) < 4.78 is 0. The molecule has 0 N–H and O–H groups in total. The average Bonchev–Trinajstić information content (AvgIpc) is 2.38. The van der Waals surface area contributed by atoms with Crippen LogP contribution >= 0.6 is 0 Å². The number of nitrogens with zero attached hydrogens (tertiary/aromatic N) is 3. The van der Waals surface area contributed by atoms with Crippen molar-refractivity contribution < 1.29 is 4.84 Å². The summed E-state index contributed by atoms with van der Waals surface area (Å²) in [6, 6.07) is 0. The van der Waals surface area contributed by atoms with Crippen molar-refractivity contribution in [3.8, 4) is 0 Å². The third-order valence-corrected chi connectivity index (χ3v) is 3.26. The van der Waals surface area contributed by atoms with Crippen molar-refractivity contribution in [2.75, 3.05) is 52.9 Å². The Bertz CT molecular complexity index is 270. The van der Waals surface area contributed by atoms with E-state index in [1.54, 1.807) is 0 Å². The molecule has 0 atom stereocenters. The van der Waals surface area contributed by atoms with E-state index in [0.29, 0.717) is 0 Å². The Kier molecular flexibility index (Phi) is 5.04. The third kappa shape index (κ3) is 4.50. The smallest absolute Gasteiger partial charge is 0.0760 e. The van der Waals surface area contributed by atoms with E-state index in [4.69, 9.17) is 4.84 Å². The van der Waals surface area contributed by atoms with Crippen LogP contribution in [0.3, 0.4) is 0 Å². The van der Waals surface area contributed by atoms with Gasteiger partial charge in [0.1, 0.15) is 0 Å². The number of allylic oxidation sites excluding steroid dienone is 2. The van der Waals surface area contributed by atoms with E-state index in [0.717, 1.165) is 26.1 Å². The zero-order valence-electron chi connectivity index (χ0n) is 10.7. The summed E-state index contributed by atoms with van der Waals surface area (Å²) in [5.41, 5.74) is 0. The van der Waals surface area contributed by atoms with Crippen LogP contribution in [0.1, 0.15) is 6.42 Å². The fraction of sp³-hybridized carbons (Fsp3) is 0.692. The van der Waals surface area contributed by atoms with Crippen molar-refractivity contribution in [3.05, 3.63) is 24.4 Å². The molecule has 0 aromatic heterocycles. The fourth-order valence-corrected chi connectivity index (χ4v) is 2.09. The van der Waals surface area contributed by atoms with E-state index in [2.05, 4.69) is 22.9 Å². The van der Waals surface area contributed by atoms with E-state index < -0.39 is 0 Å². The lowest BCUT2D eigenvalue weighted by Crippen LogP contribution is -2.44. The van der Waals surface area contributed by atoms with Crippen LogP contribution in [-0.2, 0) is 4.84 Å². The predicted molar refractivity (Wildman–Crippen MR) is 69.5 cm³/mol. The molecule has 0 aromatic carbocycles. The van der Waals surface area contributed by atoms with E-state index in [1.807, 2.05) is 23.4 Å². The first-order chi connectivity index (χ1) is 8.34. The van der Waals surface area contributed by atoms with Gasteiger partial charge in [-0.1, -0.05) is 12.2 Å². The lowest BCUT2D eigenvalue weighted by molar-refractivity contribution is -0.115. The van der Waals surface area contributed by atoms with Gasteiger partial charge in [0.25, 0.3) is 0 Å².